The van der Waals surface area contributed by atoms with Gasteiger partial charge in [0.1, 0.15) is 5.75 Å². The van der Waals surface area contributed by atoms with Crippen molar-refractivity contribution in [3.63, 3.8) is 0 Å². The first-order valence-electron chi connectivity index (χ1n) is 8.14. The van der Waals surface area contributed by atoms with Crippen LogP contribution in [0.5, 0.6) is 5.75 Å². The molecule has 4 nitrogen and oxygen atoms in total. The molecule has 0 aromatic heterocycles. The van der Waals surface area contributed by atoms with E-state index in [4.69, 9.17) is 10.00 Å². The number of nitrogens with zero attached hydrogens (tertiary/aromatic N) is 2. The zero-order valence-corrected chi connectivity index (χ0v) is 14.0. The molecule has 0 aliphatic heterocycles. The Balaban J connectivity index is 1.77. The van der Waals surface area contributed by atoms with Crippen LogP contribution < -0.4 is 9.64 Å². The number of nitriles is 1. The van der Waals surface area contributed by atoms with Crippen molar-refractivity contribution in [2.24, 2.45) is 0 Å². The Bertz CT molecular complexity index is 921. The van der Waals surface area contributed by atoms with Crippen LogP contribution in [0.2, 0.25) is 0 Å². The summed E-state index contributed by atoms with van der Waals surface area (Å²) in [4.78, 5) is 14.4. The minimum Gasteiger partial charge on any atom is -0.484 e. The van der Waals surface area contributed by atoms with E-state index in [0.29, 0.717) is 17.9 Å². The maximum atomic E-state index is 12.7. The average Bonchev–Trinajstić information content (AvgIpc) is 2.67. The lowest BCUT2D eigenvalue weighted by molar-refractivity contribution is -0.120. The Hall–Kier alpha value is -3.32. The van der Waals surface area contributed by atoms with E-state index in [2.05, 4.69) is 6.07 Å². The second kappa shape index (κ2) is 7.50. The molecule has 0 saturated carbocycles. The molecule has 1 amide bonds. The lowest BCUT2D eigenvalue weighted by atomic mass is 10.1. The fraction of sp³-hybridized carbons (Fsp3) is 0.143. The number of carbonyl (C=O) groups is 1. The molecule has 3 aromatic rings. The molecule has 25 heavy (non-hydrogen) atoms. The van der Waals surface area contributed by atoms with E-state index >= 15 is 0 Å². The molecular weight excluding hydrogens is 312 g/mol. The van der Waals surface area contributed by atoms with Gasteiger partial charge in [-0.15, -0.1) is 0 Å². The third-order valence-electron chi connectivity index (χ3n) is 4.02. The molecule has 0 saturated heterocycles. The highest BCUT2D eigenvalue weighted by Crippen LogP contribution is 2.26. The SMILES string of the molecule is CCN(C(=O)COc1ccc(C#N)cc1)c1cccc2ccccc12. The van der Waals surface area contributed by atoms with Gasteiger partial charge in [-0.2, -0.15) is 5.26 Å². The molecular formula is C21H18N2O2. The van der Waals surface area contributed by atoms with Crippen LogP contribution in [0.3, 0.4) is 0 Å². The Kier molecular flexibility index (Phi) is 4.96. The van der Waals surface area contributed by atoms with Gasteiger partial charge in [-0.3, -0.25) is 4.79 Å². The van der Waals surface area contributed by atoms with Crippen molar-refractivity contribution in [3.8, 4) is 11.8 Å². The van der Waals surface area contributed by atoms with E-state index in [9.17, 15) is 4.79 Å². The summed E-state index contributed by atoms with van der Waals surface area (Å²) in [7, 11) is 0. The van der Waals surface area contributed by atoms with Gasteiger partial charge in [0.15, 0.2) is 6.61 Å². The number of amides is 1. The minimum absolute atomic E-state index is 0.0526. The summed E-state index contributed by atoms with van der Waals surface area (Å²) in [5.41, 5.74) is 1.44. The fourth-order valence-electron chi connectivity index (χ4n) is 2.77. The quantitative estimate of drug-likeness (QED) is 0.706. The van der Waals surface area contributed by atoms with E-state index in [0.717, 1.165) is 16.5 Å². The van der Waals surface area contributed by atoms with E-state index < -0.39 is 0 Å². The van der Waals surface area contributed by atoms with Gasteiger partial charge in [0.2, 0.25) is 0 Å². The highest BCUT2D eigenvalue weighted by atomic mass is 16.5. The van der Waals surface area contributed by atoms with Gasteiger partial charge in [0, 0.05) is 11.9 Å². The van der Waals surface area contributed by atoms with Crippen molar-refractivity contribution < 1.29 is 9.53 Å². The predicted octanol–water partition coefficient (Wildman–Crippen LogP) is 4.14. The molecule has 0 aliphatic rings. The summed E-state index contributed by atoms with van der Waals surface area (Å²) >= 11 is 0. The summed E-state index contributed by atoms with van der Waals surface area (Å²) in [6.45, 7) is 2.45. The maximum absolute atomic E-state index is 12.7. The van der Waals surface area contributed by atoms with E-state index in [1.807, 2.05) is 49.4 Å². The predicted molar refractivity (Wildman–Crippen MR) is 98.6 cm³/mol. The van der Waals surface area contributed by atoms with Crippen LogP contribution in [0.1, 0.15) is 12.5 Å². The molecule has 0 aliphatic carbocycles. The first-order chi connectivity index (χ1) is 12.2. The standard InChI is InChI=1S/C21H18N2O2/c1-2-23(20-9-5-7-17-6-3-4-8-19(17)20)21(24)15-25-18-12-10-16(14-22)11-13-18/h3-13H,2,15H2,1H3. The Morgan fingerprint density at radius 2 is 1.76 bits per heavy atom. The molecule has 3 aromatic carbocycles. The van der Waals surface area contributed by atoms with Gasteiger partial charge >= 0.3 is 0 Å². The smallest absolute Gasteiger partial charge is 0.264 e. The summed E-state index contributed by atoms with van der Waals surface area (Å²) in [6.07, 6.45) is 0. The number of ether oxygens (including phenoxy) is 1. The van der Waals surface area contributed by atoms with E-state index in [1.54, 1.807) is 29.2 Å². The van der Waals surface area contributed by atoms with Crippen LogP contribution in [0.25, 0.3) is 10.8 Å². The second-order valence-corrected chi connectivity index (χ2v) is 5.56. The van der Waals surface area contributed by atoms with E-state index in [1.165, 1.54) is 0 Å². The molecule has 0 unspecified atom stereocenters. The third kappa shape index (κ3) is 3.61. The molecule has 0 heterocycles. The number of benzene rings is 3. The molecule has 0 fully saturated rings. The topological polar surface area (TPSA) is 53.3 Å². The maximum Gasteiger partial charge on any atom is 0.264 e. The average molecular weight is 330 g/mol. The summed E-state index contributed by atoms with van der Waals surface area (Å²) in [6, 6.07) is 22.7. The number of hydrogen-bond acceptors (Lipinski definition) is 3. The van der Waals surface area contributed by atoms with Gasteiger partial charge < -0.3 is 9.64 Å². The van der Waals surface area contributed by atoms with Crippen LogP contribution in [-0.4, -0.2) is 19.1 Å². The van der Waals surface area contributed by atoms with Crippen molar-refractivity contribution in [1.82, 2.24) is 0 Å². The van der Waals surface area contributed by atoms with Gasteiger partial charge in [0.25, 0.3) is 5.91 Å². The van der Waals surface area contributed by atoms with Gasteiger partial charge in [-0.05, 0) is 42.6 Å². The molecule has 0 spiro atoms. The summed E-state index contributed by atoms with van der Waals surface area (Å²) in [5, 5.41) is 10.9. The van der Waals surface area contributed by atoms with Crippen molar-refractivity contribution in [3.05, 3.63) is 72.3 Å². The monoisotopic (exact) mass is 330 g/mol. The highest BCUT2D eigenvalue weighted by molar-refractivity contribution is 6.04. The number of hydrogen-bond donors (Lipinski definition) is 0. The van der Waals surface area contributed by atoms with Crippen LogP contribution in [0.15, 0.2) is 66.7 Å². The van der Waals surface area contributed by atoms with Crippen LogP contribution in [-0.2, 0) is 4.79 Å². The normalized spacial score (nSPS) is 10.2. The fourth-order valence-corrected chi connectivity index (χ4v) is 2.77. The summed E-state index contributed by atoms with van der Waals surface area (Å²) < 4.78 is 5.58. The second-order valence-electron chi connectivity index (χ2n) is 5.56. The molecule has 3 rings (SSSR count). The largest absolute Gasteiger partial charge is 0.484 e. The van der Waals surface area contributed by atoms with Gasteiger partial charge in [0.05, 0.1) is 17.3 Å². The number of rotatable bonds is 5. The first-order valence-corrected chi connectivity index (χ1v) is 8.14. The van der Waals surface area contributed by atoms with Crippen LogP contribution in [0, 0.1) is 11.3 Å². The molecule has 124 valence electrons. The Labute approximate surface area is 146 Å². The minimum atomic E-state index is -0.108. The molecule has 4 heteroatoms. The summed E-state index contributed by atoms with van der Waals surface area (Å²) in [5.74, 6) is 0.463. The Morgan fingerprint density at radius 3 is 2.48 bits per heavy atom. The first kappa shape index (κ1) is 16.5. The number of likely N-dealkylation sites (N-methyl/N-ethyl adjacent to an activating group) is 1. The van der Waals surface area contributed by atoms with Crippen molar-refractivity contribution >= 4 is 22.4 Å². The van der Waals surface area contributed by atoms with E-state index in [-0.39, 0.29) is 12.5 Å². The van der Waals surface area contributed by atoms with Crippen molar-refractivity contribution in [1.29, 1.82) is 5.26 Å². The van der Waals surface area contributed by atoms with Crippen molar-refractivity contribution in [2.75, 3.05) is 18.1 Å². The van der Waals surface area contributed by atoms with Gasteiger partial charge in [-0.25, -0.2) is 0 Å². The lowest BCUT2D eigenvalue weighted by Crippen LogP contribution is -2.34. The zero-order valence-electron chi connectivity index (χ0n) is 14.0. The van der Waals surface area contributed by atoms with Crippen LogP contribution >= 0.6 is 0 Å². The zero-order chi connectivity index (χ0) is 17.6. The third-order valence-corrected chi connectivity index (χ3v) is 4.02. The van der Waals surface area contributed by atoms with Crippen molar-refractivity contribution in [2.45, 2.75) is 6.92 Å². The molecule has 0 atom stereocenters. The lowest BCUT2D eigenvalue weighted by Gasteiger charge is -2.23. The van der Waals surface area contributed by atoms with Gasteiger partial charge in [-0.1, -0.05) is 36.4 Å². The Morgan fingerprint density at radius 1 is 1.04 bits per heavy atom. The molecule has 0 N–H and O–H groups in total. The number of fused-ring (bicyclic) bond motifs is 1. The molecule has 0 bridgehead atoms. The highest BCUT2D eigenvalue weighted by Gasteiger charge is 2.16. The molecule has 0 radical (unpaired) electrons. The number of carbonyl (C=O) groups excluding carboxylic acids is 1. The number of anilines is 1. The van der Waals surface area contributed by atoms with Crippen LogP contribution in [0.4, 0.5) is 5.69 Å².